The Morgan fingerprint density at radius 1 is 1.69 bits per heavy atom. The van der Waals surface area contributed by atoms with Crippen LogP contribution in [0.4, 0.5) is 0 Å². The van der Waals surface area contributed by atoms with Crippen LogP contribution in [0.25, 0.3) is 0 Å². The van der Waals surface area contributed by atoms with Gasteiger partial charge in [-0.3, -0.25) is 4.79 Å². The average molecular weight is 187 g/mol. The summed E-state index contributed by atoms with van der Waals surface area (Å²) in [5.41, 5.74) is 5.78. The maximum absolute atomic E-state index is 10.8. The van der Waals surface area contributed by atoms with Gasteiger partial charge >= 0.3 is 0 Å². The number of nitrogens with two attached hydrogens (primary N) is 1. The van der Waals surface area contributed by atoms with Crippen LogP contribution >= 0.6 is 0 Å². The number of hydrogen-bond acceptors (Lipinski definition) is 4. The van der Waals surface area contributed by atoms with E-state index in [0.717, 1.165) is 0 Å². The van der Waals surface area contributed by atoms with E-state index in [1.165, 1.54) is 6.92 Å². The minimum Gasteiger partial charge on any atom is -0.348 e. The van der Waals surface area contributed by atoms with E-state index in [-0.39, 0.29) is 17.9 Å². The number of Topliss-reactive ketones (excluding diaryl/α,β-unsaturated/α-hetero) is 1. The molecule has 0 amide bonds. The first-order chi connectivity index (χ1) is 5.91. The van der Waals surface area contributed by atoms with Crippen molar-refractivity contribution in [3.05, 3.63) is 0 Å². The molecule has 2 atom stereocenters. The zero-order chi connectivity index (χ0) is 10.1. The Balaban J connectivity index is 2.42. The Morgan fingerprint density at radius 2 is 2.31 bits per heavy atom. The molecule has 76 valence electrons. The lowest BCUT2D eigenvalue weighted by atomic mass is 10.1. The average Bonchev–Trinajstić information content (AvgIpc) is 2.28. The number of rotatable bonds is 3. The van der Waals surface area contributed by atoms with Crippen molar-refractivity contribution in [2.75, 3.05) is 6.61 Å². The first-order valence-corrected chi connectivity index (χ1v) is 4.47. The summed E-state index contributed by atoms with van der Waals surface area (Å²) in [6.45, 7) is 5.68. The van der Waals surface area contributed by atoms with Crippen LogP contribution in [0.3, 0.4) is 0 Å². The van der Waals surface area contributed by atoms with Crippen molar-refractivity contribution in [2.24, 2.45) is 5.73 Å². The zero-order valence-electron chi connectivity index (χ0n) is 8.37. The molecule has 0 unspecified atom stereocenters. The largest absolute Gasteiger partial charge is 0.348 e. The minimum atomic E-state index is -0.556. The van der Waals surface area contributed by atoms with Gasteiger partial charge in [0.25, 0.3) is 0 Å². The van der Waals surface area contributed by atoms with Crippen LogP contribution < -0.4 is 5.73 Å². The SMILES string of the molecule is CC(=O)C[C@H](N)[C@@H]1COC(C)(C)O1. The second-order valence-corrected chi connectivity index (χ2v) is 3.94. The van der Waals surface area contributed by atoms with Gasteiger partial charge in [-0.2, -0.15) is 0 Å². The van der Waals surface area contributed by atoms with Crippen molar-refractivity contribution < 1.29 is 14.3 Å². The van der Waals surface area contributed by atoms with E-state index < -0.39 is 5.79 Å². The Morgan fingerprint density at radius 3 is 2.69 bits per heavy atom. The van der Waals surface area contributed by atoms with Gasteiger partial charge in [-0.15, -0.1) is 0 Å². The quantitative estimate of drug-likeness (QED) is 0.696. The molecule has 1 aliphatic rings. The molecule has 0 spiro atoms. The number of hydrogen-bond donors (Lipinski definition) is 1. The zero-order valence-corrected chi connectivity index (χ0v) is 8.37. The molecule has 0 aromatic heterocycles. The highest BCUT2D eigenvalue weighted by Gasteiger charge is 2.36. The molecule has 0 aliphatic carbocycles. The maximum atomic E-state index is 10.8. The standard InChI is InChI=1S/C9H17NO3/c1-6(11)4-7(10)8-5-12-9(2,3)13-8/h7-8H,4-5,10H2,1-3H3/t7-,8-/m0/s1. The van der Waals surface area contributed by atoms with Crippen LogP contribution in [0.15, 0.2) is 0 Å². The first kappa shape index (κ1) is 10.6. The highest BCUT2D eigenvalue weighted by Crippen LogP contribution is 2.24. The summed E-state index contributed by atoms with van der Waals surface area (Å²) in [4.78, 5) is 10.8. The predicted molar refractivity (Wildman–Crippen MR) is 48.2 cm³/mol. The summed E-state index contributed by atoms with van der Waals surface area (Å²) in [6, 6.07) is -0.251. The second-order valence-electron chi connectivity index (χ2n) is 3.94. The van der Waals surface area contributed by atoms with Gasteiger partial charge in [0.1, 0.15) is 5.78 Å². The fraction of sp³-hybridized carbons (Fsp3) is 0.889. The molecule has 1 saturated heterocycles. The Kier molecular flexibility index (Phi) is 3.05. The van der Waals surface area contributed by atoms with E-state index in [1.54, 1.807) is 0 Å². The highest BCUT2D eigenvalue weighted by molar-refractivity contribution is 5.76. The van der Waals surface area contributed by atoms with Crippen LogP contribution in [-0.2, 0) is 14.3 Å². The van der Waals surface area contributed by atoms with E-state index in [1.807, 2.05) is 13.8 Å². The molecule has 0 saturated carbocycles. The van der Waals surface area contributed by atoms with Crippen LogP contribution in [0.1, 0.15) is 27.2 Å². The van der Waals surface area contributed by atoms with Gasteiger partial charge in [0.2, 0.25) is 0 Å². The number of carbonyl (C=O) groups is 1. The van der Waals surface area contributed by atoms with Crippen molar-refractivity contribution >= 4 is 5.78 Å². The lowest BCUT2D eigenvalue weighted by molar-refractivity contribution is -0.142. The summed E-state index contributed by atoms with van der Waals surface area (Å²) in [6.07, 6.45) is 0.197. The Bertz CT molecular complexity index is 203. The topological polar surface area (TPSA) is 61.6 Å². The Labute approximate surface area is 78.4 Å². The third-order valence-corrected chi connectivity index (χ3v) is 2.03. The summed E-state index contributed by atoms with van der Waals surface area (Å²) in [5.74, 6) is -0.472. The summed E-state index contributed by atoms with van der Waals surface area (Å²) < 4.78 is 10.9. The van der Waals surface area contributed by atoms with E-state index >= 15 is 0 Å². The van der Waals surface area contributed by atoms with Crippen molar-refractivity contribution in [3.63, 3.8) is 0 Å². The second kappa shape index (κ2) is 3.74. The van der Waals surface area contributed by atoms with Crippen molar-refractivity contribution in [2.45, 2.75) is 45.1 Å². The number of ether oxygens (including phenoxy) is 2. The number of carbonyl (C=O) groups excluding carboxylic acids is 1. The molecule has 0 radical (unpaired) electrons. The summed E-state index contributed by atoms with van der Waals surface area (Å²) in [5, 5.41) is 0. The number of ketones is 1. The molecular weight excluding hydrogens is 170 g/mol. The normalized spacial score (nSPS) is 28.8. The molecule has 4 heteroatoms. The molecule has 1 heterocycles. The van der Waals surface area contributed by atoms with E-state index in [9.17, 15) is 4.79 Å². The lowest BCUT2D eigenvalue weighted by Gasteiger charge is -2.20. The van der Waals surface area contributed by atoms with Gasteiger partial charge < -0.3 is 15.2 Å². The van der Waals surface area contributed by atoms with Gasteiger partial charge in [0.15, 0.2) is 5.79 Å². The van der Waals surface area contributed by atoms with Crippen LogP contribution in [0.2, 0.25) is 0 Å². The molecule has 1 fully saturated rings. The fourth-order valence-electron chi connectivity index (χ4n) is 1.39. The predicted octanol–water partition coefficient (Wildman–Crippen LogP) is 0.444. The van der Waals surface area contributed by atoms with Crippen molar-refractivity contribution in [1.29, 1.82) is 0 Å². The Hall–Kier alpha value is -0.450. The highest BCUT2D eigenvalue weighted by atomic mass is 16.7. The molecule has 0 bridgehead atoms. The monoisotopic (exact) mass is 187 g/mol. The van der Waals surface area contributed by atoms with Crippen molar-refractivity contribution in [1.82, 2.24) is 0 Å². The van der Waals surface area contributed by atoms with E-state index in [2.05, 4.69) is 0 Å². The van der Waals surface area contributed by atoms with Gasteiger partial charge in [-0.05, 0) is 20.8 Å². The molecule has 4 nitrogen and oxygen atoms in total. The molecule has 13 heavy (non-hydrogen) atoms. The maximum Gasteiger partial charge on any atom is 0.163 e. The smallest absolute Gasteiger partial charge is 0.163 e. The van der Waals surface area contributed by atoms with Gasteiger partial charge in [0, 0.05) is 12.5 Å². The molecule has 0 aromatic rings. The van der Waals surface area contributed by atoms with E-state index in [0.29, 0.717) is 13.0 Å². The van der Waals surface area contributed by atoms with Crippen LogP contribution in [-0.4, -0.2) is 30.3 Å². The van der Waals surface area contributed by atoms with E-state index in [4.69, 9.17) is 15.2 Å². The lowest BCUT2D eigenvalue weighted by Crippen LogP contribution is -2.38. The van der Waals surface area contributed by atoms with Gasteiger partial charge in [0.05, 0.1) is 12.7 Å². The minimum absolute atomic E-state index is 0.0841. The molecule has 1 aliphatic heterocycles. The summed E-state index contributed by atoms with van der Waals surface area (Å²) >= 11 is 0. The molecule has 0 aromatic carbocycles. The van der Waals surface area contributed by atoms with Gasteiger partial charge in [-0.1, -0.05) is 0 Å². The van der Waals surface area contributed by atoms with Crippen LogP contribution in [0.5, 0.6) is 0 Å². The fourth-order valence-corrected chi connectivity index (χ4v) is 1.39. The summed E-state index contributed by atoms with van der Waals surface area (Å²) in [7, 11) is 0. The third kappa shape index (κ3) is 3.06. The third-order valence-electron chi connectivity index (χ3n) is 2.03. The van der Waals surface area contributed by atoms with Crippen LogP contribution in [0, 0.1) is 0 Å². The molecular formula is C9H17NO3. The molecule has 1 rings (SSSR count). The first-order valence-electron chi connectivity index (χ1n) is 4.47. The molecule has 2 N–H and O–H groups in total. The van der Waals surface area contributed by atoms with Crippen molar-refractivity contribution in [3.8, 4) is 0 Å². The van der Waals surface area contributed by atoms with Gasteiger partial charge in [-0.25, -0.2) is 0 Å².